The monoisotopic (exact) mass is 358 g/mol. The highest BCUT2D eigenvalue weighted by atomic mass is 35.5. The quantitative estimate of drug-likeness (QED) is 0.836. The van der Waals surface area contributed by atoms with Gasteiger partial charge in [0, 0.05) is 48.7 Å². The predicted octanol–water partition coefficient (Wildman–Crippen LogP) is 3.36. The van der Waals surface area contributed by atoms with Crippen LogP contribution in [0.1, 0.15) is 11.1 Å². The van der Waals surface area contributed by atoms with Crippen LogP contribution in [0.3, 0.4) is 0 Å². The molecule has 2 aromatic carbocycles. The first kappa shape index (κ1) is 16.6. The van der Waals surface area contributed by atoms with Gasteiger partial charge in [0.05, 0.1) is 6.42 Å². The van der Waals surface area contributed by atoms with Gasteiger partial charge in [-0.2, -0.15) is 0 Å². The van der Waals surface area contributed by atoms with Gasteiger partial charge >= 0.3 is 0 Å². The molecule has 0 radical (unpaired) electrons. The van der Waals surface area contributed by atoms with Gasteiger partial charge in [-0.3, -0.25) is 9.69 Å². The summed E-state index contributed by atoms with van der Waals surface area (Å²) in [5.41, 5.74) is 1.71. The van der Waals surface area contributed by atoms with Gasteiger partial charge in [-0.05, 0) is 23.8 Å². The van der Waals surface area contributed by atoms with Crippen LogP contribution in [0.5, 0.6) is 0 Å². The zero-order valence-electron chi connectivity index (χ0n) is 13.9. The molecule has 2 fully saturated rings. The first-order chi connectivity index (χ1) is 12.1. The van der Waals surface area contributed by atoms with Crippen LogP contribution in [0, 0.1) is 11.7 Å². The zero-order valence-corrected chi connectivity index (χ0v) is 14.6. The van der Waals surface area contributed by atoms with E-state index >= 15 is 0 Å². The van der Waals surface area contributed by atoms with E-state index in [0.717, 1.165) is 30.8 Å². The Morgan fingerprint density at radius 2 is 1.84 bits per heavy atom. The number of carbonyl (C=O) groups excluding carboxylic acids is 1. The highest BCUT2D eigenvalue weighted by Gasteiger charge is 2.46. The lowest BCUT2D eigenvalue weighted by Crippen LogP contribution is -2.54. The predicted molar refractivity (Wildman–Crippen MR) is 95.8 cm³/mol. The third kappa shape index (κ3) is 3.42. The second-order valence-corrected chi connectivity index (χ2v) is 7.39. The summed E-state index contributed by atoms with van der Waals surface area (Å²) in [7, 11) is 0. The first-order valence-corrected chi connectivity index (χ1v) is 8.97. The Kier molecular flexibility index (Phi) is 4.48. The molecule has 25 heavy (non-hydrogen) atoms. The summed E-state index contributed by atoms with van der Waals surface area (Å²) in [5, 5.41) is 0.680. The second kappa shape index (κ2) is 6.77. The molecule has 0 saturated carbocycles. The van der Waals surface area contributed by atoms with Crippen molar-refractivity contribution in [2.45, 2.75) is 19.0 Å². The van der Waals surface area contributed by atoms with Crippen LogP contribution in [-0.2, 0) is 17.8 Å². The summed E-state index contributed by atoms with van der Waals surface area (Å²) < 4.78 is 13.8. The summed E-state index contributed by atoms with van der Waals surface area (Å²) in [6, 6.07) is 14.7. The minimum atomic E-state index is -0.153. The van der Waals surface area contributed by atoms with Crippen LogP contribution >= 0.6 is 11.6 Å². The molecule has 2 atom stereocenters. The fourth-order valence-electron chi connectivity index (χ4n) is 3.87. The number of benzene rings is 2. The number of hydrogen-bond acceptors (Lipinski definition) is 2. The van der Waals surface area contributed by atoms with Crippen molar-refractivity contribution in [2.24, 2.45) is 5.92 Å². The van der Waals surface area contributed by atoms with Crippen molar-refractivity contribution in [1.82, 2.24) is 9.80 Å². The molecule has 1 amide bonds. The van der Waals surface area contributed by atoms with Crippen LogP contribution in [0.15, 0.2) is 48.5 Å². The van der Waals surface area contributed by atoms with Gasteiger partial charge in [0.2, 0.25) is 5.91 Å². The maximum atomic E-state index is 13.8. The third-order valence-electron chi connectivity index (χ3n) is 5.30. The fourth-order valence-corrected chi connectivity index (χ4v) is 3.99. The third-order valence-corrected chi connectivity index (χ3v) is 5.55. The molecule has 130 valence electrons. The van der Waals surface area contributed by atoms with Crippen LogP contribution in [0.4, 0.5) is 4.39 Å². The van der Waals surface area contributed by atoms with E-state index in [2.05, 4.69) is 4.90 Å². The molecule has 0 bridgehead atoms. The van der Waals surface area contributed by atoms with Gasteiger partial charge in [-0.1, -0.05) is 41.9 Å². The number of nitrogens with zero attached hydrogens (tertiary/aromatic N) is 2. The zero-order chi connectivity index (χ0) is 17.4. The van der Waals surface area contributed by atoms with E-state index in [-0.39, 0.29) is 11.7 Å². The number of fused-ring (bicyclic) bond motifs is 1. The minimum absolute atomic E-state index is 0.153. The molecule has 2 heterocycles. The number of amides is 1. The molecule has 0 N–H and O–H groups in total. The molecule has 2 aliphatic rings. The molecule has 2 aromatic rings. The highest BCUT2D eigenvalue weighted by Crippen LogP contribution is 2.34. The highest BCUT2D eigenvalue weighted by molar-refractivity contribution is 6.30. The van der Waals surface area contributed by atoms with Crippen molar-refractivity contribution in [3.05, 3.63) is 70.5 Å². The number of carbonyl (C=O) groups is 1. The Morgan fingerprint density at radius 3 is 2.60 bits per heavy atom. The summed E-state index contributed by atoms with van der Waals surface area (Å²) in [6.07, 6.45) is 0.407. The van der Waals surface area contributed by atoms with E-state index in [1.807, 2.05) is 41.3 Å². The van der Waals surface area contributed by atoms with E-state index in [4.69, 9.17) is 11.6 Å². The second-order valence-electron chi connectivity index (χ2n) is 6.95. The van der Waals surface area contributed by atoms with Crippen molar-refractivity contribution in [2.75, 3.05) is 19.6 Å². The smallest absolute Gasteiger partial charge is 0.227 e. The van der Waals surface area contributed by atoms with Gasteiger partial charge < -0.3 is 4.90 Å². The average Bonchev–Trinajstić information content (AvgIpc) is 2.93. The Balaban J connectivity index is 1.34. The Hall–Kier alpha value is -1.91. The van der Waals surface area contributed by atoms with E-state index in [1.165, 1.54) is 6.07 Å². The van der Waals surface area contributed by atoms with E-state index in [1.54, 1.807) is 6.07 Å². The standard InChI is InChI=1S/C20H20ClFN2O/c21-17-7-5-14(6-8-17)9-20(25)24-12-16-11-23(19(16)13-24)10-15-3-1-2-4-18(15)22/h1-8,16,19H,9-13H2. The van der Waals surface area contributed by atoms with Gasteiger partial charge in [0.15, 0.2) is 0 Å². The van der Waals surface area contributed by atoms with Crippen LogP contribution in [-0.4, -0.2) is 41.4 Å². The Bertz CT molecular complexity index is 780. The van der Waals surface area contributed by atoms with Crippen LogP contribution < -0.4 is 0 Å². The molecule has 2 saturated heterocycles. The van der Waals surface area contributed by atoms with Gasteiger partial charge in [0.25, 0.3) is 0 Å². The summed E-state index contributed by atoms with van der Waals surface area (Å²) >= 11 is 5.89. The summed E-state index contributed by atoms with van der Waals surface area (Å²) in [5.74, 6) is 0.517. The van der Waals surface area contributed by atoms with Crippen molar-refractivity contribution in [3.8, 4) is 0 Å². The Morgan fingerprint density at radius 1 is 1.08 bits per heavy atom. The maximum Gasteiger partial charge on any atom is 0.227 e. The van der Waals surface area contributed by atoms with E-state index in [9.17, 15) is 9.18 Å². The van der Waals surface area contributed by atoms with Gasteiger partial charge in [0.1, 0.15) is 5.82 Å². The molecule has 5 heteroatoms. The molecule has 0 aromatic heterocycles. The number of rotatable bonds is 4. The molecular formula is C20H20ClFN2O. The largest absolute Gasteiger partial charge is 0.340 e. The van der Waals surface area contributed by atoms with Crippen molar-refractivity contribution >= 4 is 17.5 Å². The maximum absolute atomic E-state index is 13.8. The lowest BCUT2D eigenvalue weighted by molar-refractivity contribution is -0.129. The summed E-state index contributed by atoms with van der Waals surface area (Å²) in [4.78, 5) is 16.8. The lowest BCUT2D eigenvalue weighted by Gasteiger charge is -2.43. The molecular weight excluding hydrogens is 339 g/mol. The van der Waals surface area contributed by atoms with E-state index in [0.29, 0.717) is 29.9 Å². The van der Waals surface area contributed by atoms with Gasteiger partial charge in [-0.25, -0.2) is 4.39 Å². The SMILES string of the molecule is O=C(Cc1ccc(Cl)cc1)N1CC2CN(Cc3ccccc3F)C2C1. The lowest BCUT2D eigenvalue weighted by atomic mass is 9.91. The van der Waals surface area contributed by atoms with E-state index < -0.39 is 0 Å². The average molecular weight is 359 g/mol. The van der Waals surface area contributed by atoms with Gasteiger partial charge in [-0.15, -0.1) is 0 Å². The first-order valence-electron chi connectivity index (χ1n) is 8.60. The van der Waals surface area contributed by atoms with Crippen molar-refractivity contribution < 1.29 is 9.18 Å². The number of halogens is 2. The summed E-state index contributed by atoms with van der Waals surface area (Å²) in [6.45, 7) is 3.10. The molecule has 0 aliphatic carbocycles. The molecule has 2 unspecified atom stereocenters. The molecule has 4 rings (SSSR count). The molecule has 3 nitrogen and oxygen atoms in total. The van der Waals surface area contributed by atoms with Crippen molar-refractivity contribution in [1.29, 1.82) is 0 Å². The minimum Gasteiger partial charge on any atom is -0.340 e. The fraction of sp³-hybridized carbons (Fsp3) is 0.350. The van der Waals surface area contributed by atoms with Crippen LogP contribution in [0.2, 0.25) is 5.02 Å². The topological polar surface area (TPSA) is 23.6 Å². The van der Waals surface area contributed by atoms with Crippen LogP contribution in [0.25, 0.3) is 0 Å². The normalized spacial score (nSPS) is 22.6. The molecule has 2 aliphatic heterocycles. The van der Waals surface area contributed by atoms with Crippen molar-refractivity contribution in [3.63, 3.8) is 0 Å². The number of likely N-dealkylation sites (tertiary alicyclic amines) is 2. The molecule has 0 spiro atoms. The number of hydrogen-bond donors (Lipinski definition) is 0. The Labute approximate surface area is 152 Å².